The van der Waals surface area contributed by atoms with Gasteiger partial charge in [-0.3, -0.25) is 0 Å². The van der Waals surface area contributed by atoms with E-state index in [1.54, 1.807) is 0 Å². The molecule has 2 unspecified atom stereocenters. The predicted molar refractivity (Wildman–Crippen MR) is 76.7 cm³/mol. The molecule has 1 aromatic carbocycles. The normalized spacial score (nSPS) is 24.1. The van der Waals surface area contributed by atoms with Crippen LogP contribution in [0.5, 0.6) is 0 Å². The summed E-state index contributed by atoms with van der Waals surface area (Å²) in [7, 11) is 0. The quantitative estimate of drug-likeness (QED) is 0.661. The minimum atomic E-state index is 0.341. The average molecular weight is 246 g/mol. The Morgan fingerprint density at radius 1 is 1.11 bits per heavy atom. The van der Waals surface area contributed by atoms with E-state index in [0.717, 1.165) is 12.5 Å². The molecule has 0 radical (unpaired) electrons. The van der Waals surface area contributed by atoms with Crippen molar-refractivity contribution in [1.29, 1.82) is 0 Å². The van der Waals surface area contributed by atoms with Gasteiger partial charge in [0.1, 0.15) is 0 Å². The zero-order chi connectivity index (χ0) is 12.8. The summed E-state index contributed by atoms with van der Waals surface area (Å²) < 4.78 is 6.05. The molecule has 1 aliphatic rings. The molecule has 0 aliphatic carbocycles. The lowest BCUT2D eigenvalue weighted by Crippen LogP contribution is -2.20. The zero-order valence-electron chi connectivity index (χ0n) is 11.8. The van der Waals surface area contributed by atoms with Crippen LogP contribution in [0.25, 0.3) is 0 Å². The second-order valence-corrected chi connectivity index (χ2v) is 5.67. The molecule has 0 bridgehead atoms. The minimum Gasteiger partial charge on any atom is -0.373 e. The van der Waals surface area contributed by atoms with Crippen LogP contribution in [-0.2, 0) is 4.74 Å². The Balaban J connectivity index is 1.77. The van der Waals surface area contributed by atoms with Gasteiger partial charge in [-0.25, -0.2) is 0 Å². The van der Waals surface area contributed by atoms with Gasteiger partial charge >= 0.3 is 0 Å². The van der Waals surface area contributed by atoms with Crippen LogP contribution in [0.15, 0.2) is 24.3 Å². The van der Waals surface area contributed by atoms with Gasteiger partial charge in [0.25, 0.3) is 0 Å². The molecular weight excluding hydrogens is 220 g/mol. The fraction of sp³-hybridized carbons (Fsp3) is 0.647. The van der Waals surface area contributed by atoms with E-state index < -0.39 is 0 Å². The summed E-state index contributed by atoms with van der Waals surface area (Å²) in [6, 6.07) is 8.81. The van der Waals surface area contributed by atoms with Crippen LogP contribution in [0.1, 0.15) is 62.7 Å². The Morgan fingerprint density at radius 2 is 1.89 bits per heavy atom. The standard InChI is InChI=1S/C17H26O/c1-3-4-5-6-15-9-12-17(18-13-15)16-10-7-14(2)8-11-16/h7-8,10-11,15,17H,3-6,9,12-13H2,1-2H3. The molecule has 0 amide bonds. The molecule has 1 fully saturated rings. The molecule has 1 heteroatoms. The van der Waals surface area contributed by atoms with E-state index in [9.17, 15) is 0 Å². The third kappa shape index (κ3) is 3.84. The molecule has 0 spiro atoms. The monoisotopic (exact) mass is 246 g/mol. The first-order valence-electron chi connectivity index (χ1n) is 7.47. The van der Waals surface area contributed by atoms with Gasteiger partial charge in [-0.1, -0.05) is 56.0 Å². The molecule has 0 aromatic heterocycles. The van der Waals surface area contributed by atoms with Crippen LogP contribution in [0.2, 0.25) is 0 Å². The summed E-state index contributed by atoms with van der Waals surface area (Å²) in [4.78, 5) is 0. The number of hydrogen-bond donors (Lipinski definition) is 0. The van der Waals surface area contributed by atoms with E-state index in [1.807, 2.05) is 0 Å². The first kappa shape index (κ1) is 13.6. The lowest BCUT2D eigenvalue weighted by atomic mass is 9.91. The van der Waals surface area contributed by atoms with Crippen LogP contribution < -0.4 is 0 Å². The number of hydrogen-bond acceptors (Lipinski definition) is 1. The molecule has 0 saturated carbocycles. The largest absolute Gasteiger partial charge is 0.373 e. The van der Waals surface area contributed by atoms with Gasteiger partial charge in [0.05, 0.1) is 12.7 Å². The van der Waals surface area contributed by atoms with Gasteiger partial charge in [0.2, 0.25) is 0 Å². The second kappa shape index (κ2) is 6.94. The molecule has 100 valence electrons. The Morgan fingerprint density at radius 3 is 2.50 bits per heavy atom. The first-order valence-corrected chi connectivity index (χ1v) is 7.47. The van der Waals surface area contributed by atoms with E-state index in [2.05, 4.69) is 38.1 Å². The average Bonchev–Trinajstić information content (AvgIpc) is 2.41. The summed E-state index contributed by atoms with van der Waals surface area (Å²) in [5.74, 6) is 0.804. The van der Waals surface area contributed by atoms with E-state index in [0.29, 0.717) is 6.10 Å². The third-order valence-electron chi connectivity index (χ3n) is 4.04. The van der Waals surface area contributed by atoms with Crippen LogP contribution in [0.3, 0.4) is 0 Å². The van der Waals surface area contributed by atoms with Gasteiger partial charge in [-0.2, -0.15) is 0 Å². The van der Waals surface area contributed by atoms with Gasteiger partial charge in [0.15, 0.2) is 0 Å². The lowest BCUT2D eigenvalue weighted by molar-refractivity contribution is -0.0198. The van der Waals surface area contributed by atoms with Gasteiger partial charge in [-0.05, 0) is 37.7 Å². The molecule has 1 nitrogen and oxygen atoms in total. The highest BCUT2D eigenvalue weighted by Crippen LogP contribution is 2.32. The molecule has 1 aliphatic heterocycles. The summed E-state index contributed by atoms with van der Waals surface area (Å²) in [5, 5.41) is 0. The highest BCUT2D eigenvalue weighted by atomic mass is 16.5. The van der Waals surface area contributed by atoms with Crippen molar-refractivity contribution in [2.45, 2.75) is 58.5 Å². The molecule has 2 atom stereocenters. The van der Waals surface area contributed by atoms with Crippen molar-refractivity contribution in [2.75, 3.05) is 6.61 Å². The number of ether oxygens (including phenoxy) is 1. The fourth-order valence-electron chi connectivity index (χ4n) is 2.76. The second-order valence-electron chi connectivity index (χ2n) is 5.67. The molecular formula is C17H26O. The maximum atomic E-state index is 6.05. The van der Waals surface area contributed by atoms with Crippen molar-refractivity contribution in [3.8, 4) is 0 Å². The van der Waals surface area contributed by atoms with Crippen molar-refractivity contribution < 1.29 is 4.74 Å². The molecule has 1 saturated heterocycles. The van der Waals surface area contributed by atoms with Crippen molar-refractivity contribution in [2.24, 2.45) is 5.92 Å². The predicted octanol–water partition coefficient (Wildman–Crippen LogP) is 5.04. The van der Waals surface area contributed by atoms with Crippen LogP contribution in [0, 0.1) is 12.8 Å². The van der Waals surface area contributed by atoms with Crippen molar-refractivity contribution in [1.82, 2.24) is 0 Å². The van der Waals surface area contributed by atoms with Crippen LogP contribution >= 0.6 is 0 Å². The summed E-state index contributed by atoms with van der Waals surface area (Å²) >= 11 is 0. The van der Waals surface area contributed by atoms with Crippen LogP contribution in [0.4, 0.5) is 0 Å². The summed E-state index contributed by atoms with van der Waals surface area (Å²) in [6.07, 6.45) is 8.29. The molecule has 1 aromatic rings. The molecule has 18 heavy (non-hydrogen) atoms. The number of rotatable bonds is 5. The smallest absolute Gasteiger partial charge is 0.0825 e. The highest BCUT2D eigenvalue weighted by Gasteiger charge is 2.22. The van der Waals surface area contributed by atoms with Crippen molar-refractivity contribution in [3.63, 3.8) is 0 Å². The maximum absolute atomic E-state index is 6.05. The minimum absolute atomic E-state index is 0.341. The van der Waals surface area contributed by atoms with Gasteiger partial charge in [-0.15, -0.1) is 0 Å². The Hall–Kier alpha value is -0.820. The Labute approximate surface area is 112 Å². The van der Waals surface area contributed by atoms with E-state index >= 15 is 0 Å². The first-order chi connectivity index (χ1) is 8.79. The number of unbranched alkanes of at least 4 members (excludes halogenated alkanes) is 2. The Bertz CT molecular complexity index is 333. The van der Waals surface area contributed by atoms with E-state index in [1.165, 1.54) is 49.7 Å². The third-order valence-corrected chi connectivity index (χ3v) is 4.04. The highest BCUT2D eigenvalue weighted by molar-refractivity contribution is 5.23. The van der Waals surface area contributed by atoms with Crippen molar-refractivity contribution in [3.05, 3.63) is 35.4 Å². The van der Waals surface area contributed by atoms with E-state index in [4.69, 9.17) is 4.74 Å². The van der Waals surface area contributed by atoms with Gasteiger partial charge < -0.3 is 4.74 Å². The molecule has 1 heterocycles. The molecule has 2 rings (SSSR count). The molecule has 0 N–H and O–H groups in total. The lowest BCUT2D eigenvalue weighted by Gasteiger charge is -2.29. The maximum Gasteiger partial charge on any atom is 0.0825 e. The summed E-state index contributed by atoms with van der Waals surface area (Å²) in [5.41, 5.74) is 2.68. The van der Waals surface area contributed by atoms with Crippen molar-refractivity contribution >= 4 is 0 Å². The fourth-order valence-corrected chi connectivity index (χ4v) is 2.76. The zero-order valence-corrected chi connectivity index (χ0v) is 11.8. The van der Waals surface area contributed by atoms with E-state index in [-0.39, 0.29) is 0 Å². The number of benzene rings is 1. The van der Waals surface area contributed by atoms with Crippen LogP contribution in [-0.4, -0.2) is 6.61 Å². The number of aryl methyl sites for hydroxylation is 1. The summed E-state index contributed by atoms with van der Waals surface area (Å²) in [6.45, 7) is 5.36. The SMILES string of the molecule is CCCCCC1CCC(c2ccc(C)cc2)OC1. The van der Waals surface area contributed by atoms with Gasteiger partial charge in [0, 0.05) is 0 Å². The Kier molecular flexibility index (Phi) is 5.25. The topological polar surface area (TPSA) is 9.23 Å².